The summed E-state index contributed by atoms with van der Waals surface area (Å²) in [5.41, 5.74) is 5.34. The molecule has 0 fully saturated rings. The lowest BCUT2D eigenvalue weighted by Crippen LogP contribution is -1.91. The fourth-order valence-corrected chi connectivity index (χ4v) is 2.73. The first-order valence-corrected chi connectivity index (χ1v) is 7.17. The highest BCUT2D eigenvalue weighted by Gasteiger charge is 2.10. The lowest BCUT2D eigenvalue weighted by atomic mass is 10.0. The number of fused-ring (bicyclic) bond motifs is 1. The van der Waals surface area contributed by atoms with Gasteiger partial charge in [0.25, 0.3) is 0 Å². The number of aryl methyl sites for hydroxylation is 2. The Morgan fingerprint density at radius 1 is 1.10 bits per heavy atom. The van der Waals surface area contributed by atoms with Crippen molar-refractivity contribution in [3.63, 3.8) is 0 Å². The van der Waals surface area contributed by atoms with Crippen LogP contribution in [0.15, 0.2) is 41.1 Å². The van der Waals surface area contributed by atoms with Crippen LogP contribution in [0, 0.1) is 13.8 Å². The summed E-state index contributed by atoms with van der Waals surface area (Å²) >= 11 is 3.48. The van der Waals surface area contributed by atoms with Crippen molar-refractivity contribution in [2.75, 3.05) is 7.11 Å². The van der Waals surface area contributed by atoms with Crippen LogP contribution < -0.4 is 4.74 Å². The Hall–Kier alpha value is -1.81. The van der Waals surface area contributed by atoms with Gasteiger partial charge in [-0.05, 0) is 65.2 Å². The molecule has 3 rings (SSSR count). The second kappa shape index (κ2) is 4.94. The average Bonchev–Trinajstić information content (AvgIpc) is 2.83. The summed E-state index contributed by atoms with van der Waals surface area (Å²) in [5.74, 6) is 0.915. The lowest BCUT2D eigenvalue weighted by molar-refractivity contribution is 0.411. The monoisotopic (exact) mass is 330 g/mol. The molecule has 0 aliphatic carbocycles. The van der Waals surface area contributed by atoms with E-state index in [1.807, 2.05) is 35.9 Å². The van der Waals surface area contributed by atoms with E-state index in [9.17, 15) is 0 Å². The van der Waals surface area contributed by atoms with Crippen molar-refractivity contribution in [3.8, 4) is 17.0 Å². The number of pyridine rings is 1. The second-order valence-corrected chi connectivity index (χ2v) is 5.79. The molecule has 0 aliphatic heterocycles. The van der Waals surface area contributed by atoms with Crippen molar-refractivity contribution < 1.29 is 4.74 Å². The van der Waals surface area contributed by atoms with Crippen LogP contribution in [-0.2, 0) is 0 Å². The van der Waals surface area contributed by atoms with Gasteiger partial charge in [-0.1, -0.05) is 0 Å². The van der Waals surface area contributed by atoms with Crippen molar-refractivity contribution in [1.29, 1.82) is 0 Å². The Kier molecular flexibility index (Phi) is 3.26. The van der Waals surface area contributed by atoms with Gasteiger partial charge in [-0.25, -0.2) is 4.98 Å². The van der Waals surface area contributed by atoms with Crippen LogP contribution in [0.5, 0.6) is 5.75 Å². The van der Waals surface area contributed by atoms with Crippen LogP contribution in [0.3, 0.4) is 0 Å². The zero-order valence-electron chi connectivity index (χ0n) is 11.6. The van der Waals surface area contributed by atoms with E-state index in [4.69, 9.17) is 4.74 Å². The average molecular weight is 331 g/mol. The molecule has 0 bridgehead atoms. The molecule has 0 unspecified atom stereocenters. The largest absolute Gasteiger partial charge is 0.496 e. The fourth-order valence-electron chi connectivity index (χ4n) is 2.38. The number of benzene rings is 1. The number of hydrogen-bond donors (Lipinski definition) is 0. The minimum atomic E-state index is 0.915. The normalized spacial score (nSPS) is 11.0. The van der Waals surface area contributed by atoms with E-state index in [0.717, 1.165) is 38.3 Å². The number of methoxy groups -OCH3 is 1. The van der Waals surface area contributed by atoms with E-state index in [0.29, 0.717) is 0 Å². The van der Waals surface area contributed by atoms with Gasteiger partial charge < -0.3 is 9.14 Å². The second-order valence-electron chi connectivity index (χ2n) is 4.88. The summed E-state index contributed by atoms with van der Waals surface area (Å²) in [7, 11) is 1.70. The zero-order chi connectivity index (χ0) is 14.3. The van der Waals surface area contributed by atoms with Gasteiger partial charge in [0, 0.05) is 22.4 Å². The van der Waals surface area contributed by atoms with Crippen molar-refractivity contribution in [2.24, 2.45) is 0 Å². The Morgan fingerprint density at radius 2 is 1.90 bits per heavy atom. The molecule has 1 aromatic carbocycles. The Labute approximate surface area is 126 Å². The van der Waals surface area contributed by atoms with E-state index < -0.39 is 0 Å². The third-order valence-corrected chi connectivity index (χ3v) is 3.90. The summed E-state index contributed by atoms with van der Waals surface area (Å²) in [6.07, 6.45) is 4.06. The number of hydrogen-bond acceptors (Lipinski definition) is 2. The van der Waals surface area contributed by atoms with Crippen LogP contribution in [0.25, 0.3) is 16.9 Å². The maximum Gasteiger partial charge on any atom is 0.137 e. The first-order valence-electron chi connectivity index (χ1n) is 6.38. The van der Waals surface area contributed by atoms with Crippen molar-refractivity contribution in [3.05, 3.63) is 52.3 Å². The molecular weight excluding hydrogens is 316 g/mol. The van der Waals surface area contributed by atoms with Gasteiger partial charge in [-0.2, -0.15) is 0 Å². The predicted octanol–water partition coefficient (Wildman–Crippen LogP) is 4.39. The molecule has 0 aliphatic rings. The van der Waals surface area contributed by atoms with E-state index in [1.54, 1.807) is 7.11 Å². The molecule has 20 heavy (non-hydrogen) atoms. The summed E-state index contributed by atoms with van der Waals surface area (Å²) in [5, 5.41) is 0. The standard InChI is InChI=1S/C16H15BrN2O/c1-10-7-15(20-3)11(2)6-13(10)14-9-19-8-12(17)4-5-16(19)18-14/h4-9H,1-3H3. The van der Waals surface area contributed by atoms with Crippen LogP contribution in [-0.4, -0.2) is 16.5 Å². The first-order chi connectivity index (χ1) is 9.58. The number of rotatable bonds is 2. The summed E-state index contributed by atoms with van der Waals surface area (Å²) in [6, 6.07) is 8.19. The van der Waals surface area contributed by atoms with E-state index >= 15 is 0 Å². The summed E-state index contributed by atoms with van der Waals surface area (Å²) in [4.78, 5) is 4.68. The van der Waals surface area contributed by atoms with Crippen molar-refractivity contribution >= 4 is 21.6 Å². The topological polar surface area (TPSA) is 26.5 Å². The van der Waals surface area contributed by atoms with Gasteiger partial charge >= 0.3 is 0 Å². The maximum absolute atomic E-state index is 5.36. The SMILES string of the molecule is COc1cc(C)c(-c2cn3cc(Br)ccc3n2)cc1C. The predicted molar refractivity (Wildman–Crippen MR) is 84.4 cm³/mol. The number of ether oxygens (including phenoxy) is 1. The summed E-state index contributed by atoms with van der Waals surface area (Å²) < 4.78 is 8.42. The number of nitrogens with zero attached hydrogens (tertiary/aromatic N) is 2. The molecule has 3 nitrogen and oxygen atoms in total. The molecule has 0 saturated heterocycles. The van der Waals surface area contributed by atoms with Gasteiger partial charge in [0.1, 0.15) is 11.4 Å². The molecule has 0 saturated carbocycles. The van der Waals surface area contributed by atoms with Gasteiger partial charge in [-0.15, -0.1) is 0 Å². The maximum atomic E-state index is 5.36. The molecule has 2 heterocycles. The highest BCUT2D eigenvalue weighted by Crippen LogP contribution is 2.30. The molecule has 4 heteroatoms. The van der Waals surface area contributed by atoms with E-state index in [1.165, 1.54) is 0 Å². The molecule has 0 radical (unpaired) electrons. The smallest absolute Gasteiger partial charge is 0.137 e. The van der Waals surface area contributed by atoms with Crippen molar-refractivity contribution in [1.82, 2.24) is 9.38 Å². The Bertz CT molecular complexity index is 793. The summed E-state index contributed by atoms with van der Waals surface area (Å²) in [6.45, 7) is 4.13. The van der Waals surface area contributed by atoms with Crippen LogP contribution >= 0.6 is 15.9 Å². The molecule has 0 amide bonds. The van der Waals surface area contributed by atoms with Crippen LogP contribution in [0.2, 0.25) is 0 Å². The Morgan fingerprint density at radius 3 is 2.65 bits per heavy atom. The van der Waals surface area contributed by atoms with Gasteiger partial charge in [0.2, 0.25) is 0 Å². The molecule has 2 aromatic heterocycles. The molecule has 102 valence electrons. The molecule has 0 spiro atoms. The third kappa shape index (κ3) is 2.20. The van der Waals surface area contributed by atoms with E-state index in [-0.39, 0.29) is 0 Å². The Balaban J connectivity index is 2.17. The number of aromatic nitrogens is 2. The van der Waals surface area contributed by atoms with Gasteiger partial charge in [0.05, 0.1) is 12.8 Å². The van der Waals surface area contributed by atoms with Crippen LogP contribution in [0.4, 0.5) is 0 Å². The molecular formula is C16H15BrN2O. The minimum absolute atomic E-state index is 0.915. The van der Waals surface area contributed by atoms with E-state index in [2.05, 4.69) is 40.0 Å². The zero-order valence-corrected chi connectivity index (χ0v) is 13.2. The fraction of sp³-hybridized carbons (Fsp3) is 0.188. The van der Waals surface area contributed by atoms with Crippen molar-refractivity contribution in [2.45, 2.75) is 13.8 Å². The third-order valence-electron chi connectivity index (χ3n) is 3.43. The van der Waals surface area contributed by atoms with Gasteiger partial charge in [0.15, 0.2) is 0 Å². The van der Waals surface area contributed by atoms with Gasteiger partial charge in [-0.3, -0.25) is 0 Å². The van der Waals surface area contributed by atoms with Crippen LogP contribution in [0.1, 0.15) is 11.1 Å². The molecule has 0 N–H and O–H groups in total. The first kappa shape index (κ1) is 13.2. The number of imidazole rings is 1. The number of halogens is 1. The molecule has 3 aromatic rings. The molecule has 0 atom stereocenters. The minimum Gasteiger partial charge on any atom is -0.496 e. The highest BCUT2D eigenvalue weighted by molar-refractivity contribution is 9.10. The lowest BCUT2D eigenvalue weighted by Gasteiger charge is -2.09. The quantitative estimate of drug-likeness (QED) is 0.696. The highest BCUT2D eigenvalue weighted by atomic mass is 79.9.